The summed E-state index contributed by atoms with van der Waals surface area (Å²) in [5.74, 6) is -0.482. The molecule has 1 aromatic carbocycles. The van der Waals surface area contributed by atoms with Crippen LogP contribution in [0.1, 0.15) is 22.3 Å². The Hall–Kier alpha value is -1.01. The molecule has 2 N–H and O–H groups in total. The van der Waals surface area contributed by atoms with E-state index < -0.39 is 5.82 Å². The number of benzene rings is 1. The summed E-state index contributed by atoms with van der Waals surface area (Å²) in [6.45, 7) is 2.34. The van der Waals surface area contributed by atoms with Gasteiger partial charge in [-0.3, -0.25) is 0 Å². The summed E-state index contributed by atoms with van der Waals surface area (Å²) in [4.78, 5) is 4.32. The third-order valence-electron chi connectivity index (χ3n) is 2.69. The van der Waals surface area contributed by atoms with Crippen LogP contribution in [0.4, 0.5) is 4.39 Å². The Bertz CT molecular complexity index is 561. The molecule has 1 atom stereocenters. The first kappa shape index (κ1) is 14.4. The first-order valence-electron chi connectivity index (χ1n) is 5.80. The Morgan fingerprint density at radius 3 is 2.89 bits per heavy atom. The van der Waals surface area contributed by atoms with Crippen LogP contribution in [0.15, 0.2) is 23.6 Å². The van der Waals surface area contributed by atoms with Gasteiger partial charge in [0.2, 0.25) is 0 Å². The van der Waals surface area contributed by atoms with Gasteiger partial charge in [-0.05, 0) is 24.6 Å². The largest absolute Gasteiger partial charge is 0.394 e. The van der Waals surface area contributed by atoms with Crippen LogP contribution in [0, 0.1) is 12.7 Å². The summed E-state index contributed by atoms with van der Waals surface area (Å²) in [5, 5.41) is 15.5. The van der Waals surface area contributed by atoms with Gasteiger partial charge in [0.25, 0.3) is 0 Å². The van der Waals surface area contributed by atoms with Crippen LogP contribution >= 0.6 is 22.9 Å². The first-order chi connectivity index (χ1) is 9.10. The van der Waals surface area contributed by atoms with Crippen molar-refractivity contribution < 1.29 is 9.50 Å². The third kappa shape index (κ3) is 3.73. The van der Waals surface area contributed by atoms with E-state index in [2.05, 4.69) is 10.3 Å². The molecule has 19 heavy (non-hydrogen) atoms. The van der Waals surface area contributed by atoms with Gasteiger partial charge in [0.05, 0.1) is 17.7 Å². The van der Waals surface area contributed by atoms with E-state index in [-0.39, 0.29) is 17.7 Å². The summed E-state index contributed by atoms with van der Waals surface area (Å²) in [7, 11) is 0. The molecule has 0 aliphatic rings. The number of nitrogens with zero attached hydrogens (tertiary/aromatic N) is 1. The lowest BCUT2D eigenvalue weighted by atomic mass is 10.1. The molecule has 0 spiro atoms. The highest BCUT2D eigenvalue weighted by atomic mass is 35.5. The molecule has 1 aromatic heterocycles. The molecule has 0 fully saturated rings. The molecule has 2 rings (SSSR count). The second-order valence-corrected chi connectivity index (χ2v) is 5.52. The molecule has 0 aliphatic heterocycles. The van der Waals surface area contributed by atoms with Crippen LogP contribution in [0.3, 0.4) is 0 Å². The minimum atomic E-state index is -0.482. The van der Waals surface area contributed by atoms with Gasteiger partial charge in [0.1, 0.15) is 10.8 Å². The zero-order valence-corrected chi connectivity index (χ0v) is 11.9. The molecule has 0 saturated heterocycles. The quantitative estimate of drug-likeness (QED) is 0.892. The van der Waals surface area contributed by atoms with Crippen molar-refractivity contribution >= 4 is 22.9 Å². The maximum Gasteiger partial charge on any atom is 0.142 e. The second-order valence-electron chi connectivity index (χ2n) is 4.17. The number of aryl methyl sites for hydroxylation is 1. The summed E-state index contributed by atoms with van der Waals surface area (Å²) >= 11 is 7.19. The van der Waals surface area contributed by atoms with Gasteiger partial charge < -0.3 is 10.4 Å². The summed E-state index contributed by atoms with van der Waals surface area (Å²) in [6, 6.07) is 4.19. The van der Waals surface area contributed by atoms with Gasteiger partial charge in [0, 0.05) is 17.6 Å². The van der Waals surface area contributed by atoms with Crippen LogP contribution < -0.4 is 5.32 Å². The molecule has 1 unspecified atom stereocenters. The highest BCUT2D eigenvalue weighted by molar-refractivity contribution is 7.09. The van der Waals surface area contributed by atoms with E-state index in [1.807, 2.05) is 12.3 Å². The molecule has 6 heteroatoms. The van der Waals surface area contributed by atoms with E-state index in [0.717, 1.165) is 10.7 Å². The fourth-order valence-corrected chi connectivity index (χ4v) is 2.55. The van der Waals surface area contributed by atoms with E-state index >= 15 is 0 Å². The average molecular weight is 301 g/mol. The van der Waals surface area contributed by atoms with Gasteiger partial charge >= 0.3 is 0 Å². The van der Waals surface area contributed by atoms with Crippen molar-refractivity contribution in [2.24, 2.45) is 0 Å². The Morgan fingerprint density at radius 2 is 2.32 bits per heavy atom. The van der Waals surface area contributed by atoms with Crippen molar-refractivity contribution in [3.8, 4) is 0 Å². The van der Waals surface area contributed by atoms with E-state index in [0.29, 0.717) is 12.1 Å². The molecule has 0 bridgehead atoms. The molecule has 0 radical (unpaired) electrons. The highest BCUT2D eigenvalue weighted by Crippen LogP contribution is 2.20. The molecule has 0 aliphatic carbocycles. The molecule has 102 valence electrons. The van der Waals surface area contributed by atoms with Crippen molar-refractivity contribution in [2.45, 2.75) is 19.5 Å². The molecule has 1 heterocycles. The monoisotopic (exact) mass is 300 g/mol. The fourth-order valence-electron chi connectivity index (χ4n) is 1.71. The number of aliphatic hydroxyl groups is 1. The van der Waals surface area contributed by atoms with Crippen LogP contribution in [0.25, 0.3) is 0 Å². The van der Waals surface area contributed by atoms with Crippen molar-refractivity contribution in [1.82, 2.24) is 10.3 Å². The number of aliphatic hydroxyl groups excluding tert-OH is 1. The van der Waals surface area contributed by atoms with Crippen molar-refractivity contribution in [2.75, 3.05) is 6.61 Å². The van der Waals surface area contributed by atoms with Crippen molar-refractivity contribution in [3.63, 3.8) is 0 Å². The van der Waals surface area contributed by atoms with Gasteiger partial charge in [0.15, 0.2) is 0 Å². The van der Waals surface area contributed by atoms with Crippen LogP contribution in [0.2, 0.25) is 5.02 Å². The average Bonchev–Trinajstić information content (AvgIpc) is 2.80. The first-order valence-corrected chi connectivity index (χ1v) is 7.06. The van der Waals surface area contributed by atoms with E-state index in [1.165, 1.54) is 12.1 Å². The molecule has 0 saturated carbocycles. The molecular weight excluding hydrogens is 287 g/mol. The lowest BCUT2D eigenvalue weighted by Gasteiger charge is -2.16. The standard InChI is InChI=1S/C13H14ClFN2OS/c1-8-7-19-13(17-8)5-16-12(6-18)9-2-3-10(14)11(15)4-9/h2-4,7,12,16,18H,5-6H2,1H3. The zero-order chi connectivity index (χ0) is 13.8. The van der Waals surface area contributed by atoms with Crippen molar-refractivity contribution in [3.05, 3.63) is 50.7 Å². The minimum absolute atomic E-state index is 0.0796. The number of rotatable bonds is 5. The fraction of sp³-hybridized carbons (Fsp3) is 0.308. The Morgan fingerprint density at radius 1 is 1.53 bits per heavy atom. The summed E-state index contributed by atoms with van der Waals surface area (Å²) < 4.78 is 13.4. The Labute approximate surface area is 120 Å². The maximum atomic E-state index is 13.4. The number of aromatic nitrogens is 1. The predicted molar refractivity (Wildman–Crippen MR) is 74.9 cm³/mol. The predicted octanol–water partition coefficient (Wildman–Crippen LogP) is 3.07. The van der Waals surface area contributed by atoms with Crippen LogP contribution in [0.5, 0.6) is 0 Å². The Balaban J connectivity index is 2.05. The highest BCUT2D eigenvalue weighted by Gasteiger charge is 2.12. The second kappa shape index (κ2) is 6.43. The van der Waals surface area contributed by atoms with Gasteiger partial charge in [-0.2, -0.15) is 0 Å². The number of hydrogen-bond acceptors (Lipinski definition) is 4. The third-order valence-corrected chi connectivity index (χ3v) is 3.97. The lowest BCUT2D eigenvalue weighted by molar-refractivity contribution is 0.243. The van der Waals surface area contributed by atoms with Crippen LogP contribution in [-0.2, 0) is 6.54 Å². The minimum Gasteiger partial charge on any atom is -0.394 e. The number of thiazole rings is 1. The van der Waals surface area contributed by atoms with Gasteiger partial charge in [-0.15, -0.1) is 11.3 Å². The molecular formula is C13H14ClFN2OS. The van der Waals surface area contributed by atoms with Gasteiger partial charge in [-0.1, -0.05) is 17.7 Å². The smallest absolute Gasteiger partial charge is 0.142 e. The number of nitrogens with one attached hydrogen (secondary N) is 1. The SMILES string of the molecule is Cc1csc(CNC(CO)c2ccc(Cl)c(F)c2)n1. The molecule has 0 amide bonds. The van der Waals surface area contributed by atoms with Crippen LogP contribution in [-0.4, -0.2) is 16.7 Å². The Kier molecular flexibility index (Phi) is 4.87. The van der Waals surface area contributed by atoms with E-state index in [4.69, 9.17) is 11.6 Å². The molecule has 3 nitrogen and oxygen atoms in total. The number of halogens is 2. The van der Waals surface area contributed by atoms with E-state index in [1.54, 1.807) is 17.4 Å². The topological polar surface area (TPSA) is 45.1 Å². The molecule has 2 aromatic rings. The lowest BCUT2D eigenvalue weighted by Crippen LogP contribution is -2.24. The summed E-state index contributed by atoms with van der Waals surface area (Å²) in [6.07, 6.45) is 0. The maximum absolute atomic E-state index is 13.4. The number of hydrogen-bond donors (Lipinski definition) is 2. The summed E-state index contributed by atoms with van der Waals surface area (Å²) in [5.41, 5.74) is 1.64. The van der Waals surface area contributed by atoms with E-state index in [9.17, 15) is 9.50 Å². The normalized spacial score (nSPS) is 12.6. The van der Waals surface area contributed by atoms with Crippen molar-refractivity contribution in [1.29, 1.82) is 0 Å². The van der Waals surface area contributed by atoms with Gasteiger partial charge in [-0.25, -0.2) is 9.37 Å². The zero-order valence-electron chi connectivity index (χ0n) is 10.4.